The Hall–Kier alpha value is -4.47. The number of rotatable bonds is 7. The van der Waals surface area contributed by atoms with Crippen molar-refractivity contribution in [2.45, 2.75) is 50.5 Å². The Bertz CT molecular complexity index is 1610. The van der Waals surface area contributed by atoms with Crippen molar-refractivity contribution in [1.82, 2.24) is 19.7 Å². The second-order valence-electron chi connectivity index (χ2n) is 10.9. The van der Waals surface area contributed by atoms with Gasteiger partial charge in [0.2, 0.25) is 0 Å². The minimum Gasteiger partial charge on any atom is -0.496 e. The van der Waals surface area contributed by atoms with Crippen LogP contribution < -0.4 is 15.8 Å². The fourth-order valence-electron chi connectivity index (χ4n) is 6.40. The van der Waals surface area contributed by atoms with E-state index in [1.807, 2.05) is 34.9 Å². The maximum absolute atomic E-state index is 13.7. The number of fused-ring (bicyclic) bond motifs is 4. The van der Waals surface area contributed by atoms with Crippen molar-refractivity contribution >= 4 is 23.2 Å². The predicted octanol–water partition coefficient (Wildman–Crippen LogP) is 4.73. The SMILES string of the molecule is COc1ccc(F)cc1C(=O)NCc1ccc(-c2nc(C34CCC(C(=O)O)(CC3)CC4)n3ccnc(N)c23)cc1. The number of imidazole rings is 1. The van der Waals surface area contributed by atoms with E-state index in [-0.39, 0.29) is 17.5 Å². The lowest BCUT2D eigenvalue weighted by molar-refractivity contribution is -0.156. The minimum atomic E-state index is -0.686. The molecule has 0 unspecified atom stereocenters. The first kappa shape index (κ1) is 25.8. The number of nitrogens with zero attached hydrogens (tertiary/aromatic N) is 3. The van der Waals surface area contributed by atoms with Crippen LogP contribution in [0, 0.1) is 11.2 Å². The number of hydrogen-bond donors (Lipinski definition) is 3. The number of carbonyl (C=O) groups excluding carboxylic acids is 1. The zero-order valence-corrected chi connectivity index (χ0v) is 22.1. The van der Waals surface area contributed by atoms with Gasteiger partial charge in [-0.3, -0.25) is 14.0 Å². The first-order valence-corrected chi connectivity index (χ1v) is 13.3. The van der Waals surface area contributed by atoms with Crippen LogP contribution in [0.2, 0.25) is 0 Å². The molecule has 3 aliphatic carbocycles. The molecule has 7 rings (SSSR count). The number of amides is 1. The van der Waals surface area contributed by atoms with E-state index in [1.54, 1.807) is 6.20 Å². The van der Waals surface area contributed by atoms with Crippen molar-refractivity contribution in [2.24, 2.45) is 5.41 Å². The highest BCUT2D eigenvalue weighted by molar-refractivity contribution is 5.97. The predicted molar refractivity (Wildman–Crippen MR) is 146 cm³/mol. The summed E-state index contributed by atoms with van der Waals surface area (Å²) in [5.41, 5.74) is 8.83. The summed E-state index contributed by atoms with van der Waals surface area (Å²) in [4.78, 5) is 34.1. The van der Waals surface area contributed by atoms with Crippen LogP contribution >= 0.6 is 0 Å². The summed E-state index contributed by atoms with van der Waals surface area (Å²) in [6, 6.07) is 11.5. The van der Waals surface area contributed by atoms with E-state index in [0.29, 0.717) is 30.8 Å². The number of carboxylic acids is 1. The number of halogens is 1. The molecule has 2 bridgehead atoms. The highest BCUT2D eigenvalue weighted by Gasteiger charge is 2.54. The largest absolute Gasteiger partial charge is 0.496 e. The van der Waals surface area contributed by atoms with Gasteiger partial charge in [-0.25, -0.2) is 14.4 Å². The molecule has 9 nitrogen and oxygen atoms in total. The summed E-state index contributed by atoms with van der Waals surface area (Å²) in [5, 5.41) is 12.6. The molecular formula is C30H30FN5O4. The van der Waals surface area contributed by atoms with E-state index in [4.69, 9.17) is 15.5 Å². The lowest BCUT2D eigenvalue weighted by Gasteiger charge is -2.50. The number of aromatic nitrogens is 3. The normalized spacial score (nSPS) is 21.9. The Morgan fingerprint density at radius 2 is 1.80 bits per heavy atom. The van der Waals surface area contributed by atoms with Crippen LogP contribution in [-0.4, -0.2) is 38.5 Å². The zero-order chi connectivity index (χ0) is 28.1. The van der Waals surface area contributed by atoms with Crippen LogP contribution in [0.4, 0.5) is 10.2 Å². The molecule has 40 heavy (non-hydrogen) atoms. The van der Waals surface area contributed by atoms with Gasteiger partial charge in [0.25, 0.3) is 5.91 Å². The number of nitrogen functional groups attached to an aromatic ring is 1. The molecule has 3 fully saturated rings. The van der Waals surface area contributed by atoms with E-state index in [9.17, 15) is 19.1 Å². The molecule has 2 aromatic heterocycles. The Morgan fingerprint density at radius 1 is 1.10 bits per heavy atom. The fourth-order valence-corrected chi connectivity index (χ4v) is 6.40. The molecule has 0 aliphatic heterocycles. The second kappa shape index (κ2) is 9.62. The quantitative estimate of drug-likeness (QED) is 0.307. The highest BCUT2D eigenvalue weighted by atomic mass is 19.1. The number of aliphatic carboxylic acids is 1. The fraction of sp³-hybridized carbons (Fsp3) is 0.333. The maximum Gasteiger partial charge on any atom is 0.309 e. The number of ether oxygens (including phenoxy) is 1. The van der Waals surface area contributed by atoms with E-state index < -0.39 is 23.1 Å². The standard InChI is InChI=1S/C30H30FN5O4/c1-40-22-7-6-20(31)16-21(22)26(37)34-17-18-2-4-19(5-3-18)23-24-25(32)33-14-15-36(24)27(35-23)29-8-11-30(12-9-29,13-10-29)28(38)39/h2-7,14-16H,8-13,17H2,1H3,(H2,32,33)(H,34,37)(H,38,39). The monoisotopic (exact) mass is 543 g/mol. The molecule has 0 saturated heterocycles. The van der Waals surface area contributed by atoms with Crippen molar-refractivity contribution in [3.63, 3.8) is 0 Å². The molecule has 4 N–H and O–H groups in total. The molecule has 2 heterocycles. The number of nitrogens with two attached hydrogens (primary N) is 1. The van der Waals surface area contributed by atoms with Crippen molar-refractivity contribution in [2.75, 3.05) is 12.8 Å². The van der Waals surface area contributed by atoms with Gasteiger partial charge in [0.15, 0.2) is 0 Å². The van der Waals surface area contributed by atoms with Crippen molar-refractivity contribution in [1.29, 1.82) is 0 Å². The second-order valence-corrected chi connectivity index (χ2v) is 10.9. The molecule has 206 valence electrons. The van der Waals surface area contributed by atoms with E-state index in [0.717, 1.165) is 53.5 Å². The number of benzene rings is 2. The van der Waals surface area contributed by atoms with Crippen molar-refractivity contribution in [3.05, 3.63) is 77.6 Å². The van der Waals surface area contributed by atoms with Crippen molar-refractivity contribution in [3.8, 4) is 17.0 Å². The first-order chi connectivity index (χ1) is 19.2. The van der Waals surface area contributed by atoms with Gasteiger partial charge in [-0.2, -0.15) is 0 Å². The number of anilines is 1. The van der Waals surface area contributed by atoms with Gasteiger partial charge in [0.1, 0.15) is 34.4 Å². The molecule has 2 aromatic carbocycles. The van der Waals surface area contributed by atoms with Gasteiger partial charge in [-0.15, -0.1) is 0 Å². The number of carboxylic acid groups (broad SMARTS) is 1. The Morgan fingerprint density at radius 3 is 2.45 bits per heavy atom. The molecule has 3 saturated carbocycles. The van der Waals surface area contributed by atoms with E-state index >= 15 is 0 Å². The van der Waals surface area contributed by atoms with Crippen LogP contribution in [0.25, 0.3) is 16.8 Å². The zero-order valence-electron chi connectivity index (χ0n) is 22.1. The lowest BCUT2D eigenvalue weighted by Crippen LogP contribution is -2.48. The van der Waals surface area contributed by atoms with Crippen LogP contribution in [0.3, 0.4) is 0 Å². The van der Waals surface area contributed by atoms with Gasteiger partial charge in [0.05, 0.1) is 18.1 Å². The van der Waals surface area contributed by atoms with E-state index in [1.165, 1.54) is 19.2 Å². The molecule has 0 radical (unpaired) electrons. The van der Waals surface area contributed by atoms with E-state index in [2.05, 4.69) is 10.3 Å². The maximum atomic E-state index is 13.7. The number of nitrogens with one attached hydrogen (secondary N) is 1. The first-order valence-electron chi connectivity index (χ1n) is 13.3. The molecular weight excluding hydrogens is 513 g/mol. The van der Waals surface area contributed by atoms with Crippen LogP contribution in [0.1, 0.15) is 60.3 Å². The summed E-state index contributed by atoms with van der Waals surface area (Å²) in [6.07, 6.45) is 7.81. The number of carbonyl (C=O) groups is 2. The molecule has 0 spiro atoms. The lowest BCUT2D eigenvalue weighted by atomic mass is 9.53. The van der Waals surface area contributed by atoms with Gasteiger partial charge in [-0.1, -0.05) is 24.3 Å². The molecule has 1 amide bonds. The van der Waals surface area contributed by atoms with Gasteiger partial charge in [-0.05, 0) is 62.3 Å². The molecule has 3 aliphatic rings. The summed E-state index contributed by atoms with van der Waals surface area (Å²) in [5.74, 6) is -0.0560. The highest BCUT2D eigenvalue weighted by Crippen LogP contribution is 2.58. The third-order valence-corrected chi connectivity index (χ3v) is 8.84. The van der Waals surface area contributed by atoms with Crippen LogP contribution in [-0.2, 0) is 16.8 Å². The third kappa shape index (κ3) is 4.14. The third-order valence-electron chi connectivity index (χ3n) is 8.84. The molecule has 10 heteroatoms. The average Bonchev–Trinajstić information content (AvgIpc) is 3.39. The topological polar surface area (TPSA) is 132 Å². The number of hydrogen-bond acceptors (Lipinski definition) is 6. The Balaban J connectivity index is 1.27. The van der Waals surface area contributed by atoms with Crippen LogP contribution in [0.5, 0.6) is 5.75 Å². The van der Waals surface area contributed by atoms with Crippen LogP contribution in [0.15, 0.2) is 54.9 Å². The van der Waals surface area contributed by atoms with Gasteiger partial charge in [0, 0.05) is 29.9 Å². The Kier molecular flexibility index (Phi) is 6.20. The van der Waals surface area contributed by atoms with Gasteiger partial charge >= 0.3 is 5.97 Å². The molecule has 0 atom stereocenters. The summed E-state index contributed by atoms with van der Waals surface area (Å²) >= 11 is 0. The summed E-state index contributed by atoms with van der Waals surface area (Å²) < 4.78 is 20.9. The van der Waals surface area contributed by atoms with Gasteiger partial charge < -0.3 is 20.9 Å². The van der Waals surface area contributed by atoms with Crippen molar-refractivity contribution < 1.29 is 23.8 Å². The summed E-state index contributed by atoms with van der Waals surface area (Å²) in [6.45, 7) is 0.242. The average molecular weight is 544 g/mol. The summed E-state index contributed by atoms with van der Waals surface area (Å²) in [7, 11) is 1.43. The smallest absolute Gasteiger partial charge is 0.309 e. The number of methoxy groups -OCH3 is 1. The minimum absolute atomic E-state index is 0.129. The molecule has 4 aromatic rings. The Labute approximate surface area is 230 Å².